The lowest BCUT2D eigenvalue weighted by molar-refractivity contribution is -0.106. The summed E-state index contributed by atoms with van der Waals surface area (Å²) in [6, 6.07) is 4.13. The van der Waals surface area contributed by atoms with Gasteiger partial charge in [-0.1, -0.05) is 15.9 Å². The summed E-state index contributed by atoms with van der Waals surface area (Å²) in [5, 5.41) is 0. The highest BCUT2D eigenvalue weighted by atomic mass is 79.9. The lowest BCUT2D eigenvalue weighted by atomic mass is 10.0. The topological polar surface area (TPSA) is 18.5 Å². The maximum absolute atomic E-state index is 5.25. The maximum atomic E-state index is 5.25. The average molecular weight is 259 g/mol. The van der Waals surface area contributed by atoms with Crippen molar-refractivity contribution in [3.8, 4) is 0 Å². The first-order valence-corrected chi connectivity index (χ1v) is 5.21. The number of hydrogen-bond acceptors (Lipinski definition) is 2. The quantitative estimate of drug-likeness (QED) is 0.775. The Morgan fingerprint density at radius 2 is 1.50 bits per heavy atom. The lowest BCUT2D eigenvalue weighted by Crippen LogP contribution is -2.07. The molecule has 0 aliphatic heterocycles. The van der Waals surface area contributed by atoms with Crippen LogP contribution in [0, 0.1) is 13.8 Å². The molecule has 0 saturated heterocycles. The second-order valence-corrected chi connectivity index (χ2v) is 4.17. The third-order valence-electron chi connectivity index (χ3n) is 2.22. The molecule has 0 N–H and O–H groups in total. The Labute approximate surface area is 93.4 Å². The second kappa shape index (κ2) is 4.91. The molecule has 0 heterocycles. The predicted octanol–water partition coefficient (Wildman–Crippen LogP) is 3.36. The van der Waals surface area contributed by atoms with Crippen LogP contribution in [0.2, 0.25) is 0 Å². The average Bonchev–Trinajstić information content (AvgIpc) is 2.10. The molecule has 0 aromatic heterocycles. The van der Waals surface area contributed by atoms with E-state index < -0.39 is 0 Å². The van der Waals surface area contributed by atoms with Crippen molar-refractivity contribution in [2.24, 2.45) is 0 Å². The summed E-state index contributed by atoms with van der Waals surface area (Å²) in [6.07, 6.45) is -0.275. The molecule has 1 aromatic rings. The summed E-state index contributed by atoms with van der Waals surface area (Å²) in [4.78, 5) is 0. The zero-order valence-corrected chi connectivity index (χ0v) is 10.5. The van der Waals surface area contributed by atoms with Crippen LogP contribution < -0.4 is 0 Å². The van der Waals surface area contributed by atoms with Crippen molar-refractivity contribution in [2.75, 3.05) is 14.2 Å². The summed E-state index contributed by atoms with van der Waals surface area (Å²) in [6.45, 7) is 4.11. The van der Waals surface area contributed by atoms with Crippen molar-refractivity contribution in [3.63, 3.8) is 0 Å². The summed E-state index contributed by atoms with van der Waals surface area (Å²) >= 11 is 3.46. The van der Waals surface area contributed by atoms with E-state index in [4.69, 9.17) is 9.47 Å². The Morgan fingerprint density at radius 1 is 1.07 bits per heavy atom. The van der Waals surface area contributed by atoms with Gasteiger partial charge in [0.05, 0.1) is 0 Å². The second-order valence-electron chi connectivity index (χ2n) is 3.26. The largest absolute Gasteiger partial charge is 0.352 e. The van der Waals surface area contributed by atoms with Gasteiger partial charge in [0.15, 0.2) is 6.29 Å². The molecule has 0 aliphatic rings. The van der Waals surface area contributed by atoms with E-state index in [0.717, 1.165) is 10.0 Å². The zero-order chi connectivity index (χ0) is 10.7. The van der Waals surface area contributed by atoms with Crippen molar-refractivity contribution in [1.82, 2.24) is 0 Å². The molecule has 0 aliphatic carbocycles. The summed E-state index contributed by atoms with van der Waals surface area (Å²) in [5.41, 5.74) is 3.45. The summed E-state index contributed by atoms with van der Waals surface area (Å²) < 4.78 is 11.6. The van der Waals surface area contributed by atoms with Crippen LogP contribution in [-0.2, 0) is 9.47 Å². The first-order valence-electron chi connectivity index (χ1n) is 4.42. The highest BCUT2D eigenvalue weighted by Crippen LogP contribution is 2.28. The van der Waals surface area contributed by atoms with Gasteiger partial charge in [-0.05, 0) is 37.1 Å². The monoisotopic (exact) mass is 258 g/mol. The molecular weight excluding hydrogens is 244 g/mol. The van der Waals surface area contributed by atoms with Gasteiger partial charge >= 0.3 is 0 Å². The van der Waals surface area contributed by atoms with Crippen LogP contribution in [0.1, 0.15) is 23.0 Å². The number of ether oxygens (including phenoxy) is 2. The molecule has 3 heteroatoms. The van der Waals surface area contributed by atoms with E-state index in [1.54, 1.807) is 14.2 Å². The smallest absolute Gasteiger partial charge is 0.183 e. The van der Waals surface area contributed by atoms with Gasteiger partial charge in [0.25, 0.3) is 0 Å². The van der Waals surface area contributed by atoms with Crippen LogP contribution in [0.15, 0.2) is 16.6 Å². The third kappa shape index (κ3) is 2.35. The number of halogens is 1. The minimum absolute atomic E-state index is 0.275. The fraction of sp³-hybridized carbons (Fsp3) is 0.455. The normalized spacial score (nSPS) is 11.0. The molecule has 0 atom stereocenters. The zero-order valence-electron chi connectivity index (χ0n) is 8.93. The number of rotatable bonds is 3. The van der Waals surface area contributed by atoms with Crippen molar-refractivity contribution >= 4 is 15.9 Å². The van der Waals surface area contributed by atoms with Gasteiger partial charge in [0, 0.05) is 24.3 Å². The molecular formula is C11H15BrO2. The van der Waals surface area contributed by atoms with Gasteiger partial charge in [0.1, 0.15) is 0 Å². The fourth-order valence-corrected chi connectivity index (χ4v) is 2.31. The molecule has 1 aromatic carbocycles. The fourth-order valence-electron chi connectivity index (χ4n) is 1.63. The Balaban J connectivity index is 3.19. The van der Waals surface area contributed by atoms with Crippen molar-refractivity contribution in [2.45, 2.75) is 20.1 Å². The van der Waals surface area contributed by atoms with Crippen LogP contribution in [0.3, 0.4) is 0 Å². The van der Waals surface area contributed by atoms with Crippen molar-refractivity contribution < 1.29 is 9.47 Å². The van der Waals surface area contributed by atoms with Crippen LogP contribution in [0.5, 0.6) is 0 Å². The van der Waals surface area contributed by atoms with Gasteiger partial charge in [-0.3, -0.25) is 0 Å². The molecule has 14 heavy (non-hydrogen) atoms. The number of hydrogen-bond donors (Lipinski definition) is 0. The lowest BCUT2D eigenvalue weighted by Gasteiger charge is -2.18. The van der Waals surface area contributed by atoms with E-state index in [9.17, 15) is 0 Å². The van der Waals surface area contributed by atoms with Crippen LogP contribution in [-0.4, -0.2) is 14.2 Å². The number of aryl methyl sites for hydroxylation is 2. The molecule has 0 radical (unpaired) electrons. The minimum Gasteiger partial charge on any atom is -0.352 e. The van der Waals surface area contributed by atoms with Gasteiger partial charge in [-0.15, -0.1) is 0 Å². The van der Waals surface area contributed by atoms with Gasteiger partial charge in [0.2, 0.25) is 0 Å². The minimum atomic E-state index is -0.275. The Morgan fingerprint density at radius 3 is 1.86 bits per heavy atom. The highest BCUT2D eigenvalue weighted by Gasteiger charge is 2.14. The molecule has 0 unspecified atom stereocenters. The van der Waals surface area contributed by atoms with Crippen molar-refractivity contribution in [1.29, 1.82) is 0 Å². The van der Waals surface area contributed by atoms with Crippen LogP contribution in [0.4, 0.5) is 0 Å². The first-order chi connectivity index (χ1) is 6.60. The highest BCUT2D eigenvalue weighted by molar-refractivity contribution is 9.10. The molecule has 0 spiro atoms. The van der Waals surface area contributed by atoms with Gasteiger partial charge in [-0.25, -0.2) is 0 Å². The Hall–Kier alpha value is -0.380. The molecule has 2 nitrogen and oxygen atoms in total. The Kier molecular flexibility index (Phi) is 4.11. The SMILES string of the molecule is COC(OC)c1c(C)cc(Br)cc1C. The maximum Gasteiger partial charge on any atom is 0.183 e. The predicted molar refractivity (Wildman–Crippen MR) is 60.4 cm³/mol. The van der Waals surface area contributed by atoms with E-state index in [1.807, 2.05) is 0 Å². The third-order valence-corrected chi connectivity index (χ3v) is 2.68. The van der Waals surface area contributed by atoms with E-state index >= 15 is 0 Å². The number of benzene rings is 1. The standard InChI is InChI=1S/C11H15BrO2/c1-7-5-9(12)6-8(2)10(7)11(13-3)14-4/h5-6,11H,1-4H3. The van der Waals surface area contributed by atoms with E-state index in [0.29, 0.717) is 0 Å². The van der Waals surface area contributed by atoms with E-state index in [2.05, 4.69) is 41.9 Å². The summed E-state index contributed by atoms with van der Waals surface area (Å²) in [7, 11) is 3.30. The first kappa shape index (κ1) is 11.7. The molecule has 0 fully saturated rings. The molecule has 1 rings (SSSR count). The molecule has 0 bridgehead atoms. The molecule has 78 valence electrons. The summed E-state index contributed by atoms with van der Waals surface area (Å²) in [5.74, 6) is 0. The number of methoxy groups -OCH3 is 2. The van der Waals surface area contributed by atoms with Crippen molar-refractivity contribution in [3.05, 3.63) is 33.3 Å². The van der Waals surface area contributed by atoms with Crippen LogP contribution >= 0.6 is 15.9 Å². The Bertz CT molecular complexity index is 296. The van der Waals surface area contributed by atoms with Gasteiger partial charge < -0.3 is 9.47 Å². The van der Waals surface area contributed by atoms with Crippen LogP contribution in [0.25, 0.3) is 0 Å². The van der Waals surface area contributed by atoms with E-state index in [-0.39, 0.29) is 6.29 Å². The van der Waals surface area contributed by atoms with E-state index in [1.165, 1.54) is 11.1 Å². The molecule has 0 amide bonds. The van der Waals surface area contributed by atoms with Gasteiger partial charge in [-0.2, -0.15) is 0 Å². The molecule has 0 saturated carbocycles.